The molecule has 1 aliphatic rings. The lowest BCUT2D eigenvalue weighted by molar-refractivity contribution is -0.127. The van der Waals surface area contributed by atoms with Crippen LogP contribution in [0.3, 0.4) is 0 Å². The summed E-state index contributed by atoms with van der Waals surface area (Å²) in [7, 11) is 0. The van der Waals surface area contributed by atoms with Crippen molar-refractivity contribution in [2.24, 2.45) is 5.92 Å². The third-order valence-electron chi connectivity index (χ3n) is 4.50. The molecule has 5 nitrogen and oxygen atoms in total. The first-order valence-corrected chi connectivity index (χ1v) is 8.29. The number of nitrogens with zero attached hydrogens (tertiary/aromatic N) is 4. The van der Waals surface area contributed by atoms with E-state index in [1.165, 1.54) is 5.56 Å². The van der Waals surface area contributed by atoms with Crippen molar-refractivity contribution in [3.63, 3.8) is 0 Å². The lowest BCUT2D eigenvalue weighted by Crippen LogP contribution is -2.26. The van der Waals surface area contributed by atoms with E-state index in [2.05, 4.69) is 36.1 Å². The second-order valence-corrected chi connectivity index (χ2v) is 6.63. The summed E-state index contributed by atoms with van der Waals surface area (Å²) in [6.45, 7) is 7.64. The highest BCUT2D eigenvalue weighted by molar-refractivity contribution is 5.73. The van der Waals surface area contributed by atoms with Crippen LogP contribution in [0.5, 0.6) is 0 Å². The van der Waals surface area contributed by atoms with Gasteiger partial charge in [0.25, 0.3) is 0 Å². The molecule has 122 valence electrons. The van der Waals surface area contributed by atoms with Crippen LogP contribution in [-0.4, -0.2) is 38.7 Å². The van der Waals surface area contributed by atoms with E-state index in [0.29, 0.717) is 12.0 Å². The molecule has 1 aliphatic heterocycles. The molecular weight excluding hydrogens is 288 g/mol. The van der Waals surface area contributed by atoms with Gasteiger partial charge in [-0.1, -0.05) is 6.07 Å². The van der Waals surface area contributed by atoms with Gasteiger partial charge in [0.1, 0.15) is 0 Å². The minimum absolute atomic E-state index is 0.183. The van der Waals surface area contributed by atoms with Gasteiger partial charge in [-0.25, -0.2) is 0 Å². The molecule has 2 aromatic heterocycles. The Hall–Kier alpha value is -2.17. The largest absolute Gasteiger partial charge is 0.343 e. The Bertz CT molecular complexity index is 675. The fourth-order valence-corrected chi connectivity index (χ4v) is 3.24. The molecule has 1 unspecified atom stereocenters. The van der Waals surface area contributed by atoms with E-state index < -0.39 is 0 Å². The van der Waals surface area contributed by atoms with Crippen molar-refractivity contribution in [1.29, 1.82) is 0 Å². The van der Waals surface area contributed by atoms with Crippen molar-refractivity contribution in [1.82, 2.24) is 19.7 Å². The topological polar surface area (TPSA) is 51.0 Å². The molecule has 23 heavy (non-hydrogen) atoms. The maximum absolute atomic E-state index is 11.4. The molecule has 1 saturated heterocycles. The summed E-state index contributed by atoms with van der Waals surface area (Å²) in [5.74, 6) is 0.732. The van der Waals surface area contributed by atoms with Gasteiger partial charge >= 0.3 is 0 Å². The number of amides is 1. The predicted molar refractivity (Wildman–Crippen MR) is 89.9 cm³/mol. The molecule has 1 fully saturated rings. The fraction of sp³-hybridized carbons (Fsp3) is 0.500. The van der Waals surface area contributed by atoms with Crippen LogP contribution < -0.4 is 0 Å². The first kappa shape index (κ1) is 15.7. The molecule has 0 saturated carbocycles. The number of rotatable bonds is 4. The summed E-state index contributed by atoms with van der Waals surface area (Å²) >= 11 is 0. The van der Waals surface area contributed by atoms with Crippen molar-refractivity contribution >= 4 is 5.91 Å². The molecule has 3 rings (SSSR count). The highest BCUT2D eigenvalue weighted by atomic mass is 16.2. The molecule has 5 heteroatoms. The van der Waals surface area contributed by atoms with Crippen LogP contribution in [0, 0.1) is 5.92 Å². The van der Waals surface area contributed by atoms with E-state index in [-0.39, 0.29) is 5.91 Å². The fourth-order valence-electron chi connectivity index (χ4n) is 3.24. The molecule has 1 amide bonds. The van der Waals surface area contributed by atoms with Crippen LogP contribution >= 0.6 is 0 Å². The van der Waals surface area contributed by atoms with E-state index in [0.717, 1.165) is 37.3 Å². The summed E-state index contributed by atoms with van der Waals surface area (Å²) in [6, 6.07) is 6.54. The Kier molecular flexibility index (Phi) is 4.46. The molecule has 0 radical (unpaired) electrons. The van der Waals surface area contributed by atoms with E-state index in [1.807, 2.05) is 28.0 Å². The number of pyridine rings is 1. The Morgan fingerprint density at radius 3 is 2.78 bits per heavy atom. The Labute approximate surface area is 137 Å². The standard InChI is InChI=1S/C18H24N4O/c1-13(2)22-18(6-8-20-22)17-5-4-15(11-19-17)10-16-7-9-21(12-16)14(3)23/h4-6,8,11,13,16H,7,9-10,12H2,1-3H3. The molecule has 0 spiro atoms. The van der Waals surface area contributed by atoms with Crippen LogP contribution in [0.2, 0.25) is 0 Å². The molecule has 2 aromatic rings. The zero-order valence-corrected chi connectivity index (χ0v) is 14.1. The van der Waals surface area contributed by atoms with Crippen molar-refractivity contribution < 1.29 is 4.79 Å². The van der Waals surface area contributed by atoms with Crippen molar-refractivity contribution in [2.45, 2.75) is 39.7 Å². The molecular formula is C18H24N4O. The normalized spacial score (nSPS) is 17.9. The number of hydrogen-bond donors (Lipinski definition) is 0. The molecule has 3 heterocycles. The third kappa shape index (κ3) is 3.44. The molecule has 0 aromatic carbocycles. The smallest absolute Gasteiger partial charge is 0.219 e. The zero-order valence-electron chi connectivity index (χ0n) is 14.1. The highest BCUT2D eigenvalue weighted by Gasteiger charge is 2.24. The van der Waals surface area contributed by atoms with Crippen molar-refractivity contribution in [3.8, 4) is 11.4 Å². The summed E-state index contributed by atoms with van der Waals surface area (Å²) in [5.41, 5.74) is 3.24. The van der Waals surface area contributed by atoms with Crippen molar-refractivity contribution in [3.05, 3.63) is 36.2 Å². The van der Waals surface area contributed by atoms with Gasteiger partial charge in [0.05, 0.1) is 11.4 Å². The van der Waals surface area contributed by atoms with Gasteiger partial charge in [-0.2, -0.15) is 5.10 Å². The number of carbonyl (C=O) groups excluding carboxylic acids is 1. The van der Waals surface area contributed by atoms with Gasteiger partial charge in [-0.05, 0) is 50.3 Å². The van der Waals surface area contributed by atoms with Gasteiger partial charge in [0, 0.05) is 38.4 Å². The number of aromatic nitrogens is 3. The number of likely N-dealkylation sites (tertiary alicyclic amines) is 1. The summed E-state index contributed by atoms with van der Waals surface area (Å²) in [4.78, 5) is 18.0. The third-order valence-corrected chi connectivity index (χ3v) is 4.50. The first-order chi connectivity index (χ1) is 11.0. The molecule has 1 atom stereocenters. The van der Waals surface area contributed by atoms with Gasteiger partial charge in [-0.15, -0.1) is 0 Å². The van der Waals surface area contributed by atoms with Crippen LogP contribution in [0.4, 0.5) is 0 Å². The van der Waals surface area contributed by atoms with Crippen LogP contribution in [0.1, 0.15) is 38.8 Å². The number of carbonyl (C=O) groups is 1. The lowest BCUT2D eigenvalue weighted by Gasteiger charge is -2.14. The average Bonchev–Trinajstić information content (AvgIpc) is 3.17. The molecule has 0 N–H and O–H groups in total. The SMILES string of the molecule is CC(=O)N1CCC(Cc2ccc(-c3ccnn3C(C)C)nc2)C1. The van der Waals surface area contributed by atoms with E-state index in [9.17, 15) is 4.79 Å². The average molecular weight is 312 g/mol. The maximum Gasteiger partial charge on any atom is 0.219 e. The molecule has 0 aliphatic carbocycles. The lowest BCUT2D eigenvalue weighted by atomic mass is 9.99. The Morgan fingerprint density at radius 1 is 1.35 bits per heavy atom. The summed E-state index contributed by atoms with van der Waals surface area (Å²) < 4.78 is 1.99. The Morgan fingerprint density at radius 2 is 2.17 bits per heavy atom. The van der Waals surface area contributed by atoms with Crippen LogP contribution in [0.25, 0.3) is 11.4 Å². The number of hydrogen-bond acceptors (Lipinski definition) is 3. The monoisotopic (exact) mass is 312 g/mol. The van der Waals surface area contributed by atoms with Gasteiger partial charge in [-0.3, -0.25) is 14.5 Å². The van der Waals surface area contributed by atoms with Gasteiger partial charge < -0.3 is 4.90 Å². The predicted octanol–water partition coefficient (Wildman–Crippen LogP) is 2.94. The minimum Gasteiger partial charge on any atom is -0.343 e. The second-order valence-electron chi connectivity index (χ2n) is 6.63. The van der Waals surface area contributed by atoms with Gasteiger partial charge in [0.15, 0.2) is 0 Å². The van der Waals surface area contributed by atoms with E-state index in [4.69, 9.17) is 0 Å². The van der Waals surface area contributed by atoms with E-state index in [1.54, 1.807) is 6.92 Å². The summed E-state index contributed by atoms with van der Waals surface area (Å²) in [5, 5.41) is 4.36. The van der Waals surface area contributed by atoms with Crippen LogP contribution in [-0.2, 0) is 11.2 Å². The first-order valence-electron chi connectivity index (χ1n) is 8.29. The van der Waals surface area contributed by atoms with E-state index >= 15 is 0 Å². The maximum atomic E-state index is 11.4. The zero-order chi connectivity index (χ0) is 16.4. The Balaban J connectivity index is 1.68. The quantitative estimate of drug-likeness (QED) is 0.872. The van der Waals surface area contributed by atoms with Gasteiger partial charge in [0.2, 0.25) is 5.91 Å². The minimum atomic E-state index is 0.183. The highest BCUT2D eigenvalue weighted by Crippen LogP contribution is 2.23. The second kappa shape index (κ2) is 6.52. The molecule has 0 bridgehead atoms. The van der Waals surface area contributed by atoms with Crippen molar-refractivity contribution in [2.75, 3.05) is 13.1 Å². The van der Waals surface area contributed by atoms with Crippen LogP contribution in [0.15, 0.2) is 30.6 Å². The summed E-state index contributed by atoms with van der Waals surface area (Å²) in [6.07, 6.45) is 5.85.